The summed E-state index contributed by atoms with van der Waals surface area (Å²) in [5, 5.41) is 3.36. The summed E-state index contributed by atoms with van der Waals surface area (Å²) < 4.78 is 11.1. The number of carbonyl (C=O) groups is 1. The summed E-state index contributed by atoms with van der Waals surface area (Å²) in [5.74, 6) is 0.702. The highest BCUT2D eigenvalue weighted by atomic mass is 16.6. The number of hydrogen-bond donors (Lipinski definition) is 1. The Labute approximate surface area is 118 Å². The van der Waals surface area contributed by atoms with E-state index in [0.29, 0.717) is 12.3 Å². The number of anilines is 1. The van der Waals surface area contributed by atoms with E-state index < -0.39 is 0 Å². The van der Waals surface area contributed by atoms with Crippen LogP contribution in [0.4, 0.5) is 10.5 Å². The number of carbonyl (C=O) groups excluding carboxylic acids is 1. The van der Waals surface area contributed by atoms with Crippen LogP contribution in [0.25, 0.3) is 0 Å². The van der Waals surface area contributed by atoms with Gasteiger partial charge in [-0.3, -0.25) is 4.90 Å². The largest absolute Gasteiger partial charge is 0.495 e. The molecule has 1 atom stereocenters. The van der Waals surface area contributed by atoms with Gasteiger partial charge < -0.3 is 14.8 Å². The molecule has 0 aromatic heterocycles. The van der Waals surface area contributed by atoms with Crippen LogP contribution < -0.4 is 15.0 Å². The topological polar surface area (TPSA) is 50.8 Å². The molecule has 108 valence electrons. The van der Waals surface area contributed by atoms with E-state index in [4.69, 9.17) is 9.47 Å². The monoisotopic (exact) mass is 276 g/mol. The van der Waals surface area contributed by atoms with Crippen molar-refractivity contribution in [2.75, 3.05) is 31.6 Å². The Balaban J connectivity index is 1.86. The first-order valence-electron chi connectivity index (χ1n) is 7.08. The second-order valence-corrected chi connectivity index (χ2v) is 5.41. The lowest BCUT2D eigenvalue weighted by Crippen LogP contribution is -2.35. The van der Waals surface area contributed by atoms with Crippen LogP contribution in [-0.4, -0.2) is 38.4 Å². The third-order valence-corrected chi connectivity index (χ3v) is 4.09. The van der Waals surface area contributed by atoms with Crippen molar-refractivity contribution in [2.24, 2.45) is 0 Å². The Morgan fingerprint density at radius 1 is 1.30 bits per heavy atom. The Bertz CT molecular complexity index is 496. The van der Waals surface area contributed by atoms with Crippen LogP contribution >= 0.6 is 0 Å². The number of nitrogens with one attached hydrogen (secondary N) is 1. The molecule has 5 nitrogen and oxygen atoms in total. The van der Waals surface area contributed by atoms with E-state index in [-0.39, 0.29) is 11.7 Å². The highest BCUT2D eigenvalue weighted by Crippen LogP contribution is 2.38. The molecule has 2 aliphatic heterocycles. The number of benzene rings is 1. The van der Waals surface area contributed by atoms with Crippen molar-refractivity contribution in [2.45, 2.75) is 24.9 Å². The van der Waals surface area contributed by atoms with E-state index in [2.05, 4.69) is 5.32 Å². The maximum atomic E-state index is 12.3. The number of amides is 1. The average molecular weight is 276 g/mol. The van der Waals surface area contributed by atoms with E-state index in [0.717, 1.165) is 38.0 Å². The number of hydrogen-bond acceptors (Lipinski definition) is 4. The fraction of sp³-hybridized carbons (Fsp3) is 0.533. The number of para-hydroxylation sites is 2. The minimum Gasteiger partial charge on any atom is -0.495 e. The fourth-order valence-corrected chi connectivity index (χ4v) is 3.02. The third kappa shape index (κ3) is 2.33. The van der Waals surface area contributed by atoms with E-state index in [1.807, 2.05) is 24.3 Å². The maximum absolute atomic E-state index is 12.3. The minimum absolute atomic E-state index is 0.267. The van der Waals surface area contributed by atoms with Gasteiger partial charge in [-0.05, 0) is 38.1 Å². The Morgan fingerprint density at radius 3 is 3.00 bits per heavy atom. The Kier molecular flexibility index (Phi) is 3.53. The smallest absolute Gasteiger partial charge is 0.415 e. The lowest BCUT2D eigenvalue weighted by Gasteiger charge is -2.24. The van der Waals surface area contributed by atoms with Crippen LogP contribution in [0.3, 0.4) is 0 Å². The van der Waals surface area contributed by atoms with Crippen molar-refractivity contribution < 1.29 is 14.3 Å². The van der Waals surface area contributed by atoms with Crippen LogP contribution in [0.2, 0.25) is 0 Å². The van der Waals surface area contributed by atoms with Crippen molar-refractivity contribution in [3.63, 3.8) is 0 Å². The first kappa shape index (κ1) is 13.2. The maximum Gasteiger partial charge on any atom is 0.415 e. The molecule has 20 heavy (non-hydrogen) atoms. The molecule has 0 bridgehead atoms. The normalized spacial score (nSPS) is 26.4. The standard InChI is InChI=1S/C15H20N2O3/c1-19-13-6-3-2-5-12(13)17-11-15(20-14(17)18)7-4-9-16-10-8-15/h2-3,5-6,16H,4,7-11H2,1H3. The van der Waals surface area contributed by atoms with E-state index >= 15 is 0 Å². The molecule has 2 saturated heterocycles. The third-order valence-electron chi connectivity index (χ3n) is 4.09. The second kappa shape index (κ2) is 5.32. The molecule has 0 radical (unpaired) electrons. The van der Waals surface area contributed by atoms with Crippen molar-refractivity contribution in [3.05, 3.63) is 24.3 Å². The van der Waals surface area contributed by atoms with Gasteiger partial charge >= 0.3 is 6.09 Å². The molecular weight excluding hydrogens is 256 g/mol. The van der Waals surface area contributed by atoms with Gasteiger partial charge in [0.2, 0.25) is 0 Å². The molecule has 2 fully saturated rings. The molecule has 1 aromatic rings. The zero-order chi connectivity index (χ0) is 14.0. The molecule has 3 rings (SSSR count). The van der Waals surface area contributed by atoms with Crippen molar-refractivity contribution >= 4 is 11.8 Å². The van der Waals surface area contributed by atoms with Gasteiger partial charge in [0.25, 0.3) is 0 Å². The van der Waals surface area contributed by atoms with Gasteiger partial charge in [-0.15, -0.1) is 0 Å². The van der Waals surface area contributed by atoms with Gasteiger partial charge in [-0.2, -0.15) is 0 Å². The zero-order valence-electron chi connectivity index (χ0n) is 11.7. The van der Waals surface area contributed by atoms with E-state index in [1.54, 1.807) is 12.0 Å². The summed E-state index contributed by atoms with van der Waals surface area (Å²) >= 11 is 0. The van der Waals surface area contributed by atoms with Crippen LogP contribution in [0, 0.1) is 0 Å². The molecule has 5 heteroatoms. The molecule has 1 aromatic carbocycles. The molecule has 1 unspecified atom stereocenters. The quantitative estimate of drug-likeness (QED) is 0.899. The van der Waals surface area contributed by atoms with Crippen LogP contribution in [0.15, 0.2) is 24.3 Å². The van der Waals surface area contributed by atoms with Gasteiger partial charge in [0.05, 0.1) is 19.3 Å². The molecular formula is C15H20N2O3. The summed E-state index contributed by atoms with van der Waals surface area (Å²) in [7, 11) is 1.62. The molecule has 0 aliphatic carbocycles. The number of nitrogens with zero attached hydrogens (tertiary/aromatic N) is 1. The van der Waals surface area contributed by atoms with Gasteiger partial charge in [0.1, 0.15) is 11.4 Å². The lowest BCUT2D eigenvalue weighted by atomic mass is 9.95. The highest BCUT2D eigenvalue weighted by Gasteiger charge is 2.46. The second-order valence-electron chi connectivity index (χ2n) is 5.41. The molecule has 2 aliphatic rings. The van der Waals surface area contributed by atoms with Crippen molar-refractivity contribution in [1.82, 2.24) is 5.32 Å². The Morgan fingerprint density at radius 2 is 2.15 bits per heavy atom. The summed E-state index contributed by atoms with van der Waals surface area (Å²) in [4.78, 5) is 14.0. The van der Waals surface area contributed by atoms with E-state index in [1.165, 1.54) is 0 Å². The van der Waals surface area contributed by atoms with Crippen LogP contribution in [0.1, 0.15) is 19.3 Å². The predicted molar refractivity (Wildman–Crippen MR) is 76.3 cm³/mol. The number of ether oxygens (including phenoxy) is 2. The number of methoxy groups -OCH3 is 1. The van der Waals surface area contributed by atoms with Crippen molar-refractivity contribution in [1.29, 1.82) is 0 Å². The van der Waals surface area contributed by atoms with Gasteiger partial charge in [0, 0.05) is 6.42 Å². The first-order valence-corrected chi connectivity index (χ1v) is 7.08. The molecule has 0 saturated carbocycles. The first-order chi connectivity index (χ1) is 9.74. The van der Waals surface area contributed by atoms with Crippen molar-refractivity contribution in [3.8, 4) is 5.75 Å². The summed E-state index contributed by atoms with van der Waals surface area (Å²) in [6.07, 6.45) is 2.55. The SMILES string of the molecule is COc1ccccc1N1CC2(CCCNCC2)OC1=O. The summed E-state index contributed by atoms with van der Waals surface area (Å²) in [6.45, 7) is 2.49. The zero-order valence-corrected chi connectivity index (χ0v) is 11.7. The number of rotatable bonds is 2. The Hall–Kier alpha value is -1.75. The molecule has 2 heterocycles. The van der Waals surface area contributed by atoms with Gasteiger partial charge in [-0.1, -0.05) is 12.1 Å². The van der Waals surface area contributed by atoms with Crippen LogP contribution in [-0.2, 0) is 4.74 Å². The summed E-state index contributed by atoms with van der Waals surface area (Å²) in [5.41, 5.74) is 0.440. The van der Waals surface area contributed by atoms with E-state index in [9.17, 15) is 4.79 Å². The lowest BCUT2D eigenvalue weighted by molar-refractivity contribution is 0.0470. The van der Waals surface area contributed by atoms with Gasteiger partial charge in [0.15, 0.2) is 0 Å². The molecule has 1 N–H and O–H groups in total. The van der Waals surface area contributed by atoms with Crippen LogP contribution in [0.5, 0.6) is 5.75 Å². The fourth-order valence-electron chi connectivity index (χ4n) is 3.02. The van der Waals surface area contributed by atoms with Gasteiger partial charge in [-0.25, -0.2) is 4.79 Å². The predicted octanol–water partition coefficient (Wildman–Crippen LogP) is 2.16. The highest BCUT2D eigenvalue weighted by molar-refractivity contribution is 5.92. The minimum atomic E-state index is -0.346. The average Bonchev–Trinajstić information content (AvgIpc) is 2.64. The summed E-state index contributed by atoms with van der Waals surface area (Å²) in [6, 6.07) is 7.57. The molecule has 1 amide bonds. The molecule has 1 spiro atoms.